The molecule has 5 nitrogen and oxygen atoms in total. The number of carbonyl (C=O) groups excluding carboxylic acids is 1. The van der Waals surface area contributed by atoms with E-state index in [-0.39, 0.29) is 11.8 Å². The van der Waals surface area contributed by atoms with E-state index >= 15 is 0 Å². The minimum Gasteiger partial charge on any atom is -0.337 e. The van der Waals surface area contributed by atoms with Crippen LogP contribution in [0.25, 0.3) is 0 Å². The Morgan fingerprint density at radius 2 is 2.39 bits per heavy atom. The number of aryl methyl sites for hydroxylation is 1. The molecule has 2 N–H and O–H groups in total. The largest absolute Gasteiger partial charge is 0.337 e. The van der Waals surface area contributed by atoms with Gasteiger partial charge in [-0.15, -0.1) is 0 Å². The molecule has 0 aromatic carbocycles. The van der Waals surface area contributed by atoms with E-state index in [1.54, 1.807) is 6.20 Å². The van der Waals surface area contributed by atoms with Gasteiger partial charge in [0.15, 0.2) is 0 Å². The van der Waals surface area contributed by atoms with E-state index in [1.165, 1.54) is 0 Å². The minimum absolute atomic E-state index is 0.0501. The first-order chi connectivity index (χ1) is 8.67. The molecule has 1 unspecified atom stereocenters. The summed E-state index contributed by atoms with van der Waals surface area (Å²) in [6.07, 6.45) is 6.70. The lowest BCUT2D eigenvalue weighted by Gasteiger charge is -2.26. The maximum atomic E-state index is 12.4. The predicted molar refractivity (Wildman–Crippen MR) is 69.6 cm³/mol. The van der Waals surface area contributed by atoms with Crippen LogP contribution in [0.4, 0.5) is 0 Å². The fourth-order valence-electron chi connectivity index (χ4n) is 2.15. The summed E-state index contributed by atoms with van der Waals surface area (Å²) in [7, 11) is 1.96. The van der Waals surface area contributed by atoms with Crippen molar-refractivity contribution in [2.45, 2.75) is 38.8 Å². The smallest absolute Gasteiger partial charge is 0.227 e. The molecule has 5 heteroatoms. The van der Waals surface area contributed by atoms with Gasteiger partial charge in [0.2, 0.25) is 5.91 Å². The van der Waals surface area contributed by atoms with Crippen molar-refractivity contribution < 1.29 is 4.79 Å². The third-order valence-corrected chi connectivity index (χ3v) is 3.63. The Bertz CT molecular complexity index is 407. The van der Waals surface area contributed by atoms with Crippen LogP contribution < -0.4 is 5.73 Å². The van der Waals surface area contributed by atoms with Crippen LogP contribution in [0.5, 0.6) is 0 Å². The summed E-state index contributed by atoms with van der Waals surface area (Å²) in [5, 5.41) is 0. The molecule has 1 aliphatic carbocycles. The number of hydrogen-bond acceptors (Lipinski definition) is 3. The molecule has 1 aliphatic rings. The summed E-state index contributed by atoms with van der Waals surface area (Å²) in [5.41, 5.74) is 5.68. The highest BCUT2D eigenvalue weighted by Crippen LogP contribution is 2.29. The third kappa shape index (κ3) is 2.72. The number of rotatable bonds is 6. The maximum absolute atomic E-state index is 12.4. The van der Waals surface area contributed by atoms with Gasteiger partial charge in [0.25, 0.3) is 0 Å². The first-order valence-corrected chi connectivity index (χ1v) is 6.64. The summed E-state index contributed by atoms with van der Waals surface area (Å²) in [5.74, 6) is 1.07. The molecule has 1 saturated carbocycles. The molecule has 18 heavy (non-hydrogen) atoms. The van der Waals surface area contributed by atoms with E-state index in [9.17, 15) is 4.79 Å². The van der Waals surface area contributed by atoms with Crippen LogP contribution in [0.1, 0.15) is 32.0 Å². The highest BCUT2D eigenvalue weighted by atomic mass is 16.2. The van der Waals surface area contributed by atoms with Crippen molar-refractivity contribution in [2.24, 2.45) is 18.7 Å². The van der Waals surface area contributed by atoms with E-state index in [4.69, 9.17) is 5.73 Å². The van der Waals surface area contributed by atoms with Gasteiger partial charge in [-0.05, 0) is 19.3 Å². The van der Waals surface area contributed by atoms with E-state index in [0.29, 0.717) is 19.1 Å². The van der Waals surface area contributed by atoms with Crippen LogP contribution in [-0.4, -0.2) is 32.9 Å². The third-order valence-electron chi connectivity index (χ3n) is 3.63. The molecule has 1 heterocycles. The number of nitrogens with zero attached hydrogens (tertiary/aromatic N) is 3. The summed E-state index contributed by atoms with van der Waals surface area (Å²) < 4.78 is 1.96. The fraction of sp³-hybridized carbons (Fsp3) is 0.692. The maximum Gasteiger partial charge on any atom is 0.227 e. The van der Waals surface area contributed by atoms with Gasteiger partial charge in [-0.1, -0.05) is 6.92 Å². The molecule has 0 saturated heterocycles. The van der Waals surface area contributed by atoms with Crippen molar-refractivity contribution >= 4 is 5.91 Å². The molecular formula is C13H22N4O. The zero-order chi connectivity index (χ0) is 13.1. The van der Waals surface area contributed by atoms with Gasteiger partial charge >= 0.3 is 0 Å². The van der Waals surface area contributed by atoms with E-state index < -0.39 is 0 Å². The van der Waals surface area contributed by atoms with Gasteiger partial charge in [-0.3, -0.25) is 4.79 Å². The standard InChI is InChI=1S/C13H22N4O/c1-3-10(8-14)13(18)17(11-4-5-11)9-12-15-6-7-16(12)2/h6-7,10-11H,3-5,8-9,14H2,1-2H3. The molecule has 1 aromatic heterocycles. The molecule has 1 fully saturated rings. The summed E-state index contributed by atoms with van der Waals surface area (Å²) >= 11 is 0. The van der Waals surface area contributed by atoms with Gasteiger partial charge in [0.1, 0.15) is 5.82 Å². The van der Waals surface area contributed by atoms with Crippen LogP contribution in [-0.2, 0) is 18.4 Å². The van der Waals surface area contributed by atoms with Crippen molar-refractivity contribution in [3.05, 3.63) is 18.2 Å². The molecule has 1 aromatic rings. The second-order valence-electron chi connectivity index (χ2n) is 4.99. The summed E-state index contributed by atoms with van der Waals surface area (Å²) in [6.45, 7) is 3.05. The summed E-state index contributed by atoms with van der Waals surface area (Å²) in [4.78, 5) is 18.7. The average Bonchev–Trinajstić information content (AvgIpc) is 3.12. The highest BCUT2D eigenvalue weighted by molar-refractivity contribution is 5.79. The number of carbonyl (C=O) groups is 1. The molecule has 100 valence electrons. The number of hydrogen-bond donors (Lipinski definition) is 1. The Morgan fingerprint density at radius 1 is 1.67 bits per heavy atom. The van der Waals surface area contributed by atoms with Crippen molar-refractivity contribution in [1.82, 2.24) is 14.5 Å². The Labute approximate surface area is 108 Å². The Hall–Kier alpha value is -1.36. The molecule has 1 amide bonds. The molecular weight excluding hydrogens is 228 g/mol. The van der Waals surface area contributed by atoms with Gasteiger partial charge in [0, 0.05) is 32.0 Å². The van der Waals surface area contributed by atoms with Gasteiger partial charge in [-0.25, -0.2) is 4.98 Å². The van der Waals surface area contributed by atoms with Crippen molar-refractivity contribution in [2.75, 3.05) is 6.54 Å². The molecule has 1 atom stereocenters. The van der Waals surface area contributed by atoms with Crippen molar-refractivity contribution in [3.63, 3.8) is 0 Å². The number of imidazole rings is 1. The topological polar surface area (TPSA) is 64.2 Å². The van der Waals surface area contributed by atoms with Crippen LogP contribution >= 0.6 is 0 Å². The first-order valence-electron chi connectivity index (χ1n) is 6.64. The minimum atomic E-state index is -0.0501. The number of amides is 1. The van der Waals surface area contributed by atoms with E-state index in [2.05, 4.69) is 4.98 Å². The predicted octanol–water partition coefficient (Wildman–Crippen LogP) is 0.896. The number of aromatic nitrogens is 2. The molecule has 0 radical (unpaired) electrons. The SMILES string of the molecule is CCC(CN)C(=O)N(Cc1nccn1C)C1CC1. The molecule has 2 rings (SSSR count). The lowest BCUT2D eigenvalue weighted by atomic mass is 10.1. The Kier molecular flexibility index (Phi) is 4.01. The average molecular weight is 250 g/mol. The van der Waals surface area contributed by atoms with E-state index in [1.807, 2.05) is 29.6 Å². The second kappa shape index (κ2) is 5.52. The lowest BCUT2D eigenvalue weighted by Crippen LogP contribution is -2.40. The molecule has 0 spiro atoms. The van der Waals surface area contributed by atoms with Crippen LogP contribution in [0.3, 0.4) is 0 Å². The Balaban J connectivity index is 2.09. The second-order valence-corrected chi connectivity index (χ2v) is 4.99. The van der Waals surface area contributed by atoms with Crippen LogP contribution in [0.2, 0.25) is 0 Å². The zero-order valence-corrected chi connectivity index (χ0v) is 11.2. The summed E-state index contributed by atoms with van der Waals surface area (Å²) in [6, 6.07) is 0.398. The molecule has 0 bridgehead atoms. The lowest BCUT2D eigenvalue weighted by molar-refractivity contribution is -0.136. The quantitative estimate of drug-likeness (QED) is 0.815. The van der Waals surface area contributed by atoms with Crippen LogP contribution in [0.15, 0.2) is 12.4 Å². The Morgan fingerprint density at radius 3 is 2.83 bits per heavy atom. The highest BCUT2D eigenvalue weighted by Gasteiger charge is 2.35. The monoisotopic (exact) mass is 250 g/mol. The first kappa shape index (κ1) is 13.1. The zero-order valence-electron chi connectivity index (χ0n) is 11.2. The number of nitrogens with two attached hydrogens (primary N) is 1. The fourth-order valence-corrected chi connectivity index (χ4v) is 2.15. The van der Waals surface area contributed by atoms with Gasteiger partial charge in [-0.2, -0.15) is 0 Å². The van der Waals surface area contributed by atoms with Gasteiger partial charge in [0.05, 0.1) is 12.5 Å². The molecule has 0 aliphatic heterocycles. The van der Waals surface area contributed by atoms with Crippen molar-refractivity contribution in [3.8, 4) is 0 Å². The van der Waals surface area contributed by atoms with E-state index in [0.717, 1.165) is 25.1 Å². The normalized spacial score (nSPS) is 16.6. The van der Waals surface area contributed by atoms with Gasteiger partial charge < -0.3 is 15.2 Å². The van der Waals surface area contributed by atoms with Crippen LogP contribution in [0, 0.1) is 5.92 Å². The van der Waals surface area contributed by atoms with Crippen molar-refractivity contribution in [1.29, 1.82) is 0 Å².